The van der Waals surface area contributed by atoms with Crippen LogP contribution in [0.5, 0.6) is 0 Å². The number of Topliss-reactive ketones (excluding diaryl/α,β-unsaturated/α-hetero) is 1. The standard InChI is InChI=1S/C14H15BrOS/c1-3-9(2)7-13(16)11-8-17-14-10(11)5-4-6-12(14)15/h4-6,8-9H,3,7H2,1-2H3. The third-order valence-corrected chi connectivity index (χ3v) is 5.04. The molecule has 1 unspecified atom stereocenters. The number of hydrogen-bond acceptors (Lipinski definition) is 2. The summed E-state index contributed by atoms with van der Waals surface area (Å²) in [5.74, 6) is 0.730. The van der Waals surface area contributed by atoms with Crippen molar-refractivity contribution in [3.63, 3.8) is 0 Å². The minimum atomic E-state index is 0.267. The van der Waals surface area contributed by atoms with E-state index in [1.807, 2.05) is 23.6 Å². The van der Waals surface area contributed by atoms with Crippen LogP contribution in [0.2, 0.25) is 0 Å². The second kappa shape index (κ2) is 5.32. The van der Waals surface area contributed by atoms with Gasteiger partial charge in [-0.2, -0.15) is 0 Å². The molecule has 0 amide bonds. The highest BCUT2D eigenvalue weighted by Gasteiger charge is 2.15. The van der Waals surface area contributed by atoms with Crippen LogP contribution in [0.15, 0.2) is 28.1 Å². The van der Waals surface area contributed by atoms with Crippen molar-refractivity contribution in [3.8, 4) is 0 Å². The Kier molecular flexibility index (Phi) is 4.00. The summed E-state index contributed by atoms with van der Waals surface area (Å²) in [7, 11) is 0. The number of carbonyl (C=O) groups excluding carboxylic acids is 1. The Labute approximate surface area is 114 Å². The van der Waals surface area contributed by atoms with E-state index in [-0.39, 0.29) is 5.78 Å². The first-order valence-corrected chi connectivity index (χ1v) is 7.49. The van der Waals surface area contributed by atoms with Crippen molar-refractivity contribution in [1.29, 1.82) is 0 Å². The third kappa shape index (κ3) is 2.61. The maximum Gasteiger partial charge on any atom is 0.164 e. The SMILES string of the molecule is CCC(C)CC(=O)c1csc2c(Br)cccc12. The summed E-state index contributed by atoms with van der Waals surface area (Å²) < 4.78 is 2.24. The molecule has 1 heterocycles. The van der Waals surface area contributed by atoms with Gasteiger partial charge in [0.1, 0.15) is 0 Å². The smallest absolute Gasteiger partial charge is 0.164 e. The van der Waals surface area contributed by atoms with Gasteiger partial charge in [0.05, 0.1) is 0 Å². The highest BCUT2D eigenvalue weighted by Crippen LogP contribution is 2.33. The molecule has 0 aliphatic rings. The van der Waals surface area contributed by atoms with Crippen LogP contribution in [0.4, 0.5) is 0 Å². The molecule has 0 aliphatic carbocycles. The first-order chi connectivity index (χ1) is 8.13. The van der Waals surface area contributed by atoms with Crippen LogP contribution in [-0.4, -0.2) is 5.78 Å². The average Bonchev–Trinajstić information content (AvgIpc) is 2.74. The fourth-order valence-electron chi connectivity index (χ4n) is 1.81. The molecule has 1 nitrogen and oxygen atoms in total. The molecule has 2 rings (SSSR count). The first-order valence-electron chi connectivity index (χ1n) is 5.82. The van der Waals surface area contributed by atoms with E-state index in [1.54, 1.807) is 11.3 Å². The van der Waals surface area contributed by atoms with Crippen LogP contribution >= 0.6 is 27.3 Å². The molecule has 0 radical (unpaired) electrons. The quantitative estimate of drug-likeness (QED) is 0.702. The average molecular weight is 311 g/mol. The topological polar surface area (TPSA) is 17.1 Å². The van der Waals surface area contributed by atoms with Gasteiger partial charge in [0.15, 0.2) is 5.78 Å². The van der Waals surface area contributed by atoms with Crippen LogP contribution in [0.1, 0.15) is 37.0 Å². The fourth-order valence-corrected chi connectivity index (χ4v) is 3.44. The van der Waals surface area contributed by atoms with Crippen molar-refractivity contribution in [3.05, 3.63) is 33.6 Å². The lowest BCUT2D eigenvalue weighted by atomic mass is 9.97. The number of thiophene rings is 1. The Morgan fingerprint density at radius 3 is 2.94 bits per heavy atom. The van der Waals surface area contributed by atoms with Gasteiger partial charge in [-0.3, -0.25) is 4.79 Å². The Morgan fingerprint density at radius 2 is 2.24 bits per heavy atom. The molecule has 0 spiro atoms. The zero-order valence-electron chi connectivity index (χ0n) is 10.00. The summed E-state index contributed by atoms with van der Waals surface area (Å²) in [5.41, 5.74) is 0.881. The molecule has 0 fully saturated rings. The van der Waals surface area contributed by atoms with Gasteiger partial charge in [0, 0.05) is 31.9 Å². The van der Waals surface area contributed by atoms with Gasteiger partial charge in [-0.1, -0.05) is 32.4 Å². The number of ketones is 1. The van der Waals surface area contributed by atoms with E-state index in [0.717, 1.165) is 21.8 Å². The third-order valence-electron chi connectivity index (χ3n) is 3.08. The van der Waals surface area contributed by atoms with Gasteiger partial charge >= 0.3 is 0 Å². The lowest BCUT2D eigenvalue weighted by molar-refractivity contribution is 0.0965. The summed E-state index contributed by atoms with van der Waals surface area (Å²) in [6, 6.07) is 6.03. The van der Waals surface area contributed by atoms with Crippen molar-refractivity contribution in [2.45, 2.75) is 26.7 Å². The summed E-state index contributed by atoms with van der Waals surface area (Å²) in [6.45, 7) is 4.25. The molecule has 1 atom stereocenters. The van der Waals surface area contributed by atoms with Crippen LogP contribution in [0, 0.1) is 5.92 Å². The largest absolute Gasteiger partial charge is 0.294 e. The molecule has 1 aromatic carbocycles. The number of halogens is 1. The Morgan fingerprint density at radius 1 is 1.47 bits per heavy atom. The van der Waals surface area contributed by atoms with E-state index in [1.165, 1.54) is 4.70 Å². The molecule has 0 N–H and O–H groups in total. The maximum atomic E-state index is 12.2. The van der Waals surface area contributed by atoms with Crippen LogP contribution in [-0.2, 0) is 0 Å². The van der Waals surface area contributed by atoms with Gasteiger partial charge < -0.3 is 0 Å². The second-order valence-electron chi connectivity index (χ2n) is 4.41. The van der Waals surface area contributed by atoms with Crippen molar-refractivity contribution in [2.24, 2.45) is 5.92 Å². The summed E-state index contributed by atoms with van der Waals surface area (Å²) >= 11 is 5.16. The number of rotatable bonds is 4. The number of benzene rings is 1. The van der Waals surface area contributed by atoms with Crippen molar-refractivity contribution in [2.75, 3.05) is 0 Å². The normalized spacial score (nSPS) is 12.9. The molecule has 0 bridgehead atoms. The maximum absolute atomic E-state index is 12.2. The van der Waals surface area contributed by atoms with Crippen LogP contribution < -0.4 is 0 Å². The van der Waals surface area contributed by atoms with E-state index < -0.39 is 0 Å². The van der Waals surface area contributed by atoms with E-state index >= 15 is 0 Å². The van der Waals surface area contributed by atoms with Crippen molar-refractivity contribution >= 4 is 43.1 Å². The zero-order chi connectivity index (χ0) is 12.4. The summed E-state index contributed by atoms with van der Waals surface area (Å²) in [4.78, 5) is 12.2. The van der Waals surface area contributed by atoms with Gasteiger partial charge in [0.25, 0.3) is 0 Å². The van der Waals surface area contributed by atoms with Gasteiger partial charge in [0.2, 0.25) is 0 Å². The Balaban J connectivity index is 2.36. The molecule has 90 valence electrons. The highest BCUT2D eigenvalue weighted by atomic mass is 79.9. The van der Waals surface area contributed by atoms with E-state index in [0.29, 0.717) is 12.3 Å². The number of hydrogen-bond donors (Lipinski definition) is 0. The fraction of sp³-hybridized carbons (Fsp3) is 0.357. The molecule has 0 aliphatic heterocycles. The van der Waals surface area contributed by atoms with E-state index in [4.69, 9.17) is 0 Å². The molecule has 2 aromatic rings. The minimum absolute atomic E-state index is 0.267. The molecule has 0 saturated carbocycles. The highest BCUT2D eigenvalue weighted by molar-refractivity contribution is 9.10. The summed E-state index contributed by atoms with van der Waals surface area (Å²) in [5, 5.41) is 3.07. The first kappa shape index (κ1) is 12.8. The predicted molar refractivity (Wildman–Crippen MR) is 77.9 cm³/mol. The molecule has 17 heavy (non-hydrogen) atoms. The van der Waals surface area contributed by atoms with Gasteiger partial charge in [-0.05, 0) is 27.9 Å². The Hall–Kier alpha value is -0.670. The van der Waals surface area contributed by atoms with Crippen molar-refractivity contribution < 1.29 is 4.79 Å². The molecule has 0 saturated heterocycles. The van der Waals surface area contributed by atoms with Gasteiger partial charge in [-0.15, -0.1) is 11.3 Å². The van der Waals surface area contributed by atoms with Crippen LogP contribution in [0.25, 0.3) is 10.1 Å². The molecular formula is C14H15BrOS. The number of fused-ring (bicyclic) bond motifs is 1. The predicted octanol–water partition coefficient (Wildman–Crippen LogP) is 5.28. The molecule has 3 heteroatoms. The second-order valence-corrected chi connectivity index (χ2v) is 6.14. The van der Waals surface area contributed by atoms with E-state index in [9.17, 15) is 4.79 Å². The van der Waals surface area contributed by atoms with Crippen LogP contribution in [0.3, 0.4) is 0 Å². The zero-order valence-corrected chi connectivity index (χ0v) is 12.4. The molecular weight excluding hydrogens is 296 g/mol. The minimum Gasteiger partial charge on any atom is -0.294 e. The van der Waals surface area contributed by atoms with Gasteiger partial charge in [-0.25, -0.2) is 0 Å². The Bertz CT molecular complexity index is 544. The molecule has 1 aromatic heterocycles. The lowest BCUT2D eigenvalue weighted by Crippen LogP contribution is -2.04. The van der Waals surface area contributed by atoms with E-state index in [2.05, 4.69) is 29.8 Å². The number of carbonyl (C=O) groups is 1. The summed E-state index contributed by atoms with van der Waals surface area (Å²) in [6.07, 6.45) is 1.70. The van der Waals surface area contributed by atoms with Crippen molar-refractivity contribution in [1.82, 2.24) is 0 Å². The lowest BCUT2D eigenvalue weighted by Gasteiger charge is -2.06. The monoisotopic (exact) mass is 310 g/mol.